The first kappa shape index (κ1) is 19.5. The molecule has 4 rings (SSSR count). The Balaban J connectivity index is 1.34. The largest absolute Gasteiger partial charge is 0.486 e. The van der Waals surface area contributed by atoms with Crippen LogP contribution in [0, 0.1) is 0 Å². The molecule has 2 heterocycles. The number of sulfonamides is 1. The summed E-state index contributed by atoms with van der Waals surface area (Å²) in [5.74, 6) is 1.06. The summed E-state index contributed by atoms with van der Waals surface area (Å²) in [7, 11) is -3.59. The van der Waals surface area contributed by atoms with Gasteiger partial charge < -0.3 is 9.47 Å². The second-order valence-electron chi connectivity index (χ2n) is 7.10. The van der Waals surface area contributed by atoms with Crippen LogP contribution in [0.5, 0.6) is 11.5 Å². The maximum Gasteiger partial charge on any atom is 0.240 e. The van der Waals surface area contributed by atoms with Gasteiger partial charge in [-0.1, -0.05) is 23.7 Å². The van der Waals surface area contributed by atoms with E-state index in [9.17, 15) is 8.42 Å². The van der Waals surface area contributed by atoms with E-state index >= 15 is 0 Å². The van der Waals surface area contributed by atoms with Gasteiger partial charge in [0.25, 0.3) is 0 Å². The van der Waals surface area contributed by atoms with E-state index in [1.165, 1.54) is 11.6 Å². The minimum Gasteiger partial charge on any atom is -0.486 e. The van der Waals surface area contributed by atoms with E-state index < -0.39 is 10.0 Å². The molecule has 1 fully saturated rings. The SMILES string of the molecule is O=S(=O)(NC1CCN(Cc2ccc(Cl)cc2)CC1)c1ccc2c(c1)OCCO2. The summed E-state index contributed by atoms with van der Waals surface area (Å²) >= 11 is 5.93. The number of fused-ring (bicyclic) bond motifs is 1. The molecule has 1 N–H and O–H groups in total. The van der Waals surface area contributed by atoms with E-state index in [0.29, 0.717) is 24.7 Å². The fraction of sp³-hybridized carbons (Fsp3) is 0.400. The van der Waals surface area contributed by atoms with Crippen molar-refractivity contribution in [2.45, 2.75) is 30.3 Å². The second kappa shape index (κ2) is 8.29. The zero-order chi connectivity index (χ0) is 19.6. The van der Waals surface area contributed by atoms with Gasteiger partial charge in [-0.2, -0.15) is 0 Å². The van der Waals surface area contributed by atoms with Gasteiger partial charge in [-0.25, -0.2) is 13.1 Å². The molecule has 0 aliphatic carbocycles. The van der Waals surface area contributed by atoms with Crippen LogP contribution in [-0.2, 0) is 16.6 Å². The van der Waals surface area contributed by atoms with Crippen LogP contribution in [0.25, 0.3) is 0 Å². The number of hydrogen-bond acceptors (Lipinski definition) is 5. The molecule has 150 valence electrons. The summed E-state index contributed by atoms with van der Waals surface area (Å²) in [6.45, 7) is 3.44. The second-order valence-corrected chi connectivity index (χ2v) is 9.25. The van der Waals surface area contributed by atoms with Crippen LogP contribution in [0.15, 0.2) is 47.4 Å². The summed E-state index contributed by atoms with van der Waals surface area (Å²) in [4.78, 5) is 2.54. The van der Waals surface area contributed by atoms with Crippen LogP contribution >= 0.6 is 11.6 Å². The summed E-state index contributed by atoms with van der Waals surface area (Å²) in [6.07, 6.45) is 1.55. The molecule has 2 aromatic rings. The average molecular weight is 423 g/mol. The average Bonchev–Trinajstić information content (AvgIpc) is 2.70. The molecule has 0 radical (unpaired) electrons. The number of likely N-dealkylation sites (tertiary alicyclic amines) is 1. The standard InChI is InChI=1S/C20H23ClN2O4S/c21-16-3-1-15(2-4-16)14-23-9-7-17(8-10-23)22-28(24,25)18-5-6-19-20(13-18)27-12-11-26-19/h1-6,13,17,22H,7-12,14H2. The Labute approximate surface area is 170 Å². The highest BCUT2D eigenvalue weighted by molar-refractivity contribution is 7.89. The van der Waals surface area contributed by atoms with Gasteiger partial charge in [0.05, 0.1) is 4.90 Å². The number of piperidine rings is 1. The molecule has 28 heavy (non-hydrogen) atoms. The lowest BCUT2D eigenvalue weighted by atomic mass is 10.1. The van der Waals surface area contributed by atoms with Gasteiger partial charge in [0, 0.05) is 36.8 Å². The van der Waals surface area contributed by atoms with Crippen molar-refractivity contribution in [1.82, 2.24) is 9.62 Å². The molecule has 2 aromatic carbocycles. The molecule has 1 saturated heterocycles. The lowest BCUT2D eigenvalue weighted by molar-refractivity contribution is 0.171. The molecule has 0 atom stereocenters. The summed E-state index contributed by atoms with van der Waals surface area (Å²) in [6, 6.07) is 12.5. The summed E-state index contributed by atoms with van der Waals surface area (Å²) in [5.41, 5.74) is 1.21. The lowest BCUT2D eigenvalue weighted by Crippen LogP contribution is -2.44. The van der Waals surface area contributed by atoms with Crippen molar-refractivity contribution in [2.24, 2.45) is 0 Å². The van der Waals surface area contributed by atoms with Crippen molar-refractivity contribution in [1.29, 1.82) is 0 Å². The molecule has 0 saturated carbocycles. The highest BCUT2D eigenvalue weighted by Gasteiger charge is 2.26. The number of halogens is 1. The van der Waals surface area contributed by atoms with E-state index in [1.807, 2.05) is 24.3 Å². The van der Waals surface area contributed by atoms with Crippen molar-refractivity contribution < 1.29 is 17.9 Å². The molecular formula is C20H23ClN2O4S. The zero-order valence-corrected chi connectivity index (χ0v) is 17.0. The van der Waals surface area contributed by atoms with Crippen molar-refractivity contribution in [2.75, 3.05) is 26.3 Å². The van der Waals surface area contributed by atoms with Crippen LogP contribution < -0.4 is 14.2 Å². The van der Waals surface area contributed by atoms with Gasteiger partial charge in [0.2, 0.25) is 10.0 Å². The number of nitrogens with one attached hydrogen (secondary N) is 1. The molecule has 0 spiro atoms. The number of hydrogen-bond donors (Lipinski definition) is 1. The monoisotopic (exact) mass is 422 g/mol. The Bertz CT molecular complexity index is 926. The molecule has 2 aliphatic rings. The molecule has 0 bridgehead atoms. The Hall–Kier alpha value is -1.80. The first-order valence-corrected chi connectivity index (χ1v) is 11.2. The van der Waals surface area contributed by atoms with Gasteiger partial charge >= 0.3 is 0 Å². The predicted octanol–water partition coefficient (Wildman–Crippen LogP) is 3.05. The topological polar surface area (TPSA) is 67.9 Å². The molecule has 6 nitrogen and oxygen atoms in total. The van der Waals surface area contributed by atoms with Crippen molar-refractivity contribution >= 4 is 21.6 Å². The van der Waals surface area contributed by atoms with E-state index in [-0.39, 0.29) is 10.9 Å². The first-order chi connectivity index (χ1) is 13.5. The van der Waals surface area contributed by atoms with Crippen LogP contribution in [0.3, 0.4) is 0 Å². The quantitative estimate of drug-likeness (QED) is 0.802. The minimum atomic E-state index is -3.59. The molecular weight excluding hydrogens is 400 g/mol. The number of nitrogens with zero attached hydrogens (tertiary/aromatic N) is 1. The Morgan fingerprint density at radius 3 is 2.39 bits per heavy atom. The van der Waals surface area contributed by atoms with Gasteiger partial charge in [0.1, 0.15) is 13.2 Å². The van der Waals surface area contributed by atoms with Crippen LogP contribution in [0.2, 0.25) is 5.02 Å². The van der Waals surface area contributed by atoms with Crippen LogP contribution in [-0.4, -0.2) is 45.7 Å². The molecule has 2 aliphatic heterocycles. The maximum atomic E-state index is 12.8. The van der Waals surface area contributed by atoms with E-state index in [4.69, 9.17) is 21.1 Å². The van der Waals surface area contributed by atoms with Crippen molar-refractivity contribution in [3.63, 3.8) is 0 Å². The van der Waals surface area contributed by atoms with Gasteiger partial charge in [0.15, 0.2) is 11.5 Å². The molecule has 0 unspecified atom stereocenters. The number of ether oxygens (including phenoxy) is 2. The fourth-order valence-corrected chi connectivity index (χ4v) is 4.98. The third-order valence-electron chi connectivity index (χ3n) is 5.05. The molecule has 8 heteroatoms. The minimum absolute atomic E-state index is 0.0698. The van der Waals surface area contributed by atoms with Crippen molar-refractivity contribution in [3.8, 4) is 11.5 Å². The summed E-state index contributed by atoms with van der Waals surface area (Å²) in [5, 5.41) is 0.732. The van der Waals surface area contributed by atoms with Crippen molar-refractivity contribution in [3.05, 3.63) is 53.1 Å². The normalized spacial score (nSPS) is 18.2. The van der Waals surface area contributed by atoms with Crippen LogP contribution in [0.1, 0.15) is 18.4 Å². The van der Waals surface area contributed by atoms with Gasteiger partial charge in [-0.3, -0.25) is 4.90 Å². The smallest absolute Gasteiger partial charge is 0.240 e. The number of rotatable bonds is 5. The third-order valence-corrected chi connectivity index (χ3v) is 6.82. The van der Waals surface area contributed by atoms with E-state index in [0.717, 1.165) is 37.5 Å². The zero-order valence-electron chi connectivity index (χ0n) is 15.4. The Morgan fingerprint density at radius 2 is 1.68 bits per heavy atom. The molecule has 0 aromatic heterocycles. The third kappa shape index (κ3) is 4.60. The van der Waals surface area contributed by atoms with Gasteiger partial charge in [-0.05, 0) is 42.7 Å². The lowest BCUT2D eigenvalue weighted by Gasteiger charge is -2.32. The predicted molar refractivity (Wildman–Crippen MR) is 108 cm³/mol. The highest BCUT2D eigenvalue weighted by Crippen LogP contribution is 2.32. The highest BCUT2D eigenvalue weighted by atomic mass is 35.5. The maximum absolute atomic E-state index is 12.8. The fourth-order valence-electron chi connectivity index (χ4n) is 3.54. The molecule has 0 amide bonds. The number of benzene rings is 2. The Kier molecular flexibility index (Phi) is 5.78. The van der Waals surface area contributed by atoms with E-state index in [1.54, 1.807) is 12.1 Å². The van der Waals surface area contributed by atoms with Crippen LogP contribution in [0.4, 0.5) is 0 Å². The van der Waals surface area contributed by atoms with E-state index in [2.05, 4.69) is 9.62 Å². The summed E-state index contributed by atoms with van der Waals surface area (Å²) < 4.78 is 39.3. The van der Waals surface area contributed by atoms with Gasteiger partial charge in [-0.15, -0.1) is 0 Å². The first-order valence-electron chi connectivity index (χ1n) is 9.38. The Morgan fingerprint density at radius 1 is 1.00 bits per heavy atom.